The maximum Gasteiger partial charge on any atom is 0.253 e. The number of nitrogen functional groups attached to an aromatic ring is 1. The molecule has 2 N–H and O–H groups in total. The monoisotopic (exact) mass is 248 g/mol. The van der Waals surface area contributed by atoms with Crippen molar-refractivity contribution in [1.82, 2.24) is 4.90 Å². The zero-order valence-electron chi connectivity index (χ0n) is 12.0. The largest absolute Gasteiger partial charge is 0.399 e. The number of amides is 1. The van der Waals surface area contributed by atoms with Gasteiger partial charge in [0, 0.05) is 24.3 Å². The first-order chi connectivity index (χ1) is 8.31. The Balaban J connectivity index is 2.86. The summed E-state index contributed by atoms with van der Waals surface area (Å²) < 4.78 is 0. The number of nitrogens with zero attached hydrogens (tertiary/aromatic N) is 1. The lowest BCUT2D eigenvalue weighted by Crippen LogP contribution is -2.36. The summed E-state index contributed by atoms with van der Waals surface area (Å²) in [6.07, 6.45) is 1.00. The zero-order valence-corrected chi connectivity index (χ0v) is 12.0. The van der Waals surface area contributed by atoms with Crippen LogP contribution < -0.4 is 5.73 Å². The predicted octanol–water partition coefficient (Wildman–Crippen LogP) is 3.08. The van der Waals surface area contributed by atoms with Crippen LogP contribution in [0, 0.1) is 12.8 Å². The average molecular weight is 248 g/mol. The molecule has 0 saturated carbocycles. The van der Waals surface area contributed by atoms with Crippen molar-refractivity contribution in [2.75, 3.05) is 12.8 Å². The summed E-state index contributed by atoms with van der Waals surface area (Å²) in [5, 5.41) is 0. The van der Waals surface area contributed by atoms with E-state index in [-0.39, 0.29) is 11.9 Å². The molecule has 0 bridgehead atoms. The molecule has 18 heavy (non-hydrogen) atoms. The number of carbonyl (C=O) groups is 1. The van der Waals surface area contributed by atoms with Gasteiger partial charge in [0.15, 0.2) is 0 Å². The smallest absolute Gasteiger partial charge is 0.253 e. The maximum atomic E-state index is 12.3. The number of hydrogen-bond donors (Lipinski definition) is 1. The Morgan fingerprint density at radius 2 is 1.89 bits per heavy atom. The van der Waals surface area contributed by atoms with Crippen molar-refractivity contribution in [2.24, 2.45) is 5.92 Å². The van der Waals surface area contributed by atoms with Crippen molar-refractivity contribution in [2.45, 2.75) is 40.2 Å². The highest BCUT2D eigenvalue weighted by molar-refractivity contribution is 5.95. The van der Waals surface area contributed by atoms with Gasteiger partial charge >= 0.3 is 0 Å². The number of anilines is 1. The summed E-state index contributed by atoms with van der Waals surface area (Å²) in [6.45, 7) is 8.36. The van der Waals surface area contributed by atoms with E-state index < -0.39 is 0 Å². The van der Waals surface area contributed by atoms with Gasteiger partial charge in [-0.25, -0.2) is 0 Å². The van der Waals surface area contributed by atoms with Gasteiger partial charge in [-0.2, -0.15) is 0 Å². The van der Waals surface area contributed by atoms with Crippen LogP contribution >= 0.6 is 0 Å². The van der Waals surface area contributed by atoms with Crippen molar-refractivity contribution < 1.29 is 4.79 Å². The number of rotatable bonds is 4. The van der Waals surface area contributed by atoms with E-state index in [1.807, 2.05) is 26.1 Å². The molecule has 0 saturated heterocycles. The topological polar surface area (TPSA) is 46.3 Å². The Labute approximate surface area is 110 Å². The minimum absolute atomic E-state index is 0.0403. The second-order valence-electron chi connectivity index (χ2n) is 5.53. The zero-order chi connectivity index (χ0) is 13.9. The van der Waals surface area contributed by atoms with Crippen LogP contribution in [0.15, 0.2) is 18.2 Å². The lowest BCUT2D eigenvalue weighted by molar-refractivity contribution is 0.0728. The molecule has 1 atom stereocenters. The van der Waals surface area contributed by atoms with Crippen molar-refractivity contribution in [3.8, 4) is 0 Å². The molecule has 0 aliphatic rings. The van der Waals surface area contributed by atoms with E-state index in [4.69, 9.17) is 5.73 Å². The van der Waals surface area contributed by atoms with E-state index >= 15 is 0 Å². The Morgan fingerprint density at radius 3 is 2.39 bits per heavy atom. The molecule has 1 amide bonds. The van der Waals surface area contributed by atoms with Crippen LogP contribution in [0.1, 0.15) is 43.1 Å². The molecule has 1 aromatic rings. The number of benzene rings is 1. The van der Waals surface area contributed by atoms with Gasteiger partial charge in [-0.05, 0) is 49.9 Å². The molecule has 0 radical (unpaired) electrons. The van der Waals surface area contributed by atoms with Gasteiger partial charge in [0.1, 0.15) is 0 Å². The summed E-state index contributed by atoms with van der Waals surface area (Å²) in [6, 6.07) is 5.73. The van der Waals surface area contributed by atoms with Crippen LogP contribution in [0.5, 0.6) is 0 Å². The molecule has 3 nitrogen and oxygen atoms in total. The number of nitrogens with two attached hydrogens (primary N) is 1. The first-order valence-corrected chi connectivity index (χ1v) is 6.45. The fourth-order valence-electron chi connectivity index (χ4n) is 2.18. The van der Waals surface area contributed by atoms with Crippen LogP contribution in [-0.2, 0) is 0 Å². The molecule has 0 aromatic heterocycles. The molecule has 100 valence electrons. The van der Waals surface area contributed by atoms with Crippen molar-refractivity contribution >= 4 is 11.6 Å². The summed E-state index contributed by atoms with van der Waals surface area (Å²) in [7, 11) is 1.86. The number of hydrogen-bond acceptors (Lipinski definition) is 2. The lowest BCUT2D eigenvalue weighted by atomic mass is 10.0. The summed E-state index contributed by atoms with van der Waals surface area (Å²) in [5.41, 5.74) is 8.11. The van der Waals surface area contributed by atoms with E-state index in [0.29, 0.717) is 17.2 Å². The fourth-order valence-corrected chi connectivity index (χ4v) is 2.18. The highest BCUT2D eigenvalue weighted by Crippen LogP contribution is 2.16. The van der Waals surface area contributed by atoms with E-state index in [0.717, 1.165) is 12.0 Å². The van der Waals surface area contributed by atoms with Gasteiger partial charge in [-0.3, -0.25) is 4.79 Å². The maximum absolute atomic E-state index is 12.3. The highest BCUT2D eigenvalue weighted by Gasteiger charge is 2.18. The van der Waals surface area contributed by atoms with E-state index in [1.165, 1.54) is 0 Å². The summed E-state index contributed by atoms with van der Waals surface area (Å²) in [4.78, 5) is 14.1. The molecule has 0 aliphatic heterocycles. The summed E-state index contributed by atoms with van der Waals surface area (Å²) in [5.74, 6) is 0.622. The molecular weight excluding hydrogens is 224 g/mol. The van der Waals surface area contributed by atoms with Crippen molar-refractivity contribution in [3.05, 3.63) is 29.3 Å². The highest BCUT2D eigenvalue weighted by atomic mass is 16.2. The molecule has 0 fully saturated rings. The van der Waals surface area contributed by atoms with Gasteiger partial charge < -0.3 is 10.6 Å². The third-order valence-electron chi connectivity index (χ3n) is 3.14. The lowest BCUT2D eigenvalue weighted by Gasteiger charge is -2.26. The molecule has 1 aromatic carbocycles. The third-order valence-corrected chi connectivity index (χ3v) is 3.14. The minimum atomic E-state index is 0.0403. The Hall–Kier alpha value is -1.51. The van der Waals surface area contributed by atoms with Crippen molar-refractivity contribution in [1.29, 1.82) is 0 Å². The first kappa shape index (κ1) is 14.6. The number of carbonyl (C=O) groups excluding carboxylic acids is 1. The van der Waals surface area contributed by atoms with Crippen LogP contribution in [0.4, 0.5) is 5.69 Å². The normalized spacial score (nSPS) is 12.6. The average Bonchev–Trinajstić information content (AvgIpc) is 2.24. The molecule has 1 rings (SSSR count). The summed E-state index contributed by atoms with van der Waals surface area (Å²) >= 11 is 0. The van der Waals surface area contributed by atoms with E-state index in [1.54, 1.807) is 11.0 Å². The Bertz CT molecular complexity index is 406. The van der Waals surface area contributed by atoms with Gasteiger partial charge in [0.05, 0.1) is 0 Å². The second kappa shape index (κ2) is 5.89. The van der Waals surface area contributed by atoms with Crippen molar-refractivity contribution in [3.63, 3.8) is 0 Å². The molecule has 1 unspecified atom stereocenters. The molecule has 0 heterocycles. The van der Waals surface area contributed by atoms with E-state index in [2.05, 4.69) is 20.8 Å². The van der Waals surface area contributed by atoms with Crippen LogP contribution in [0.3, 0.4) is 0 Å². The van der Waals surface area contributed by atoms with Gasteiger partial charge in [0.2, 0.25) is 0 Å². The minimum Gasteiger partial charge on any atom is -0.399 e. The molecule has 0 spiro atoms. The Kier molecular flexibility index (Phi) is 4.76. The number of aryl methyl sites for hydroxylation is 1. The van der Waals surface area contributed by atoms with Gasteiger partial charge in [-0.1, -0.05) is 13.8 Å². The second-order valence-corrected chi connectivity index (χ2v) is 5.53. The van der Waals surface area contributed by atoms with Crippen LogP contribution in [-0.4, -0.2) is 23.9 Å². The molecule has 0 aliphatic carbocycles. The third kappa shape index (κ3) is 3.76. The van der Waals surface area contributed by atoms with Gasteiger partial charge in [0.25, 0.3) is 5.91 Å². The molecule has 3 heteroatoms. The Morgan fingerprint density at radius 1 is 1.28 bits per heavy atom. The quantitative estimate of drug-likeness (QED) is 0.832. The fraction of sp³-hybridized carbons (Fsp3) is 0.533. The van der Waals surface area contributed by atoms with Gasteiger partial charge in [-0.15, -0.1) is 0 Å². The first-order valence-electron chi connectivity index (χ1n) is 6.45. The predicted molar refractivity (Wildman–Crippen MR) is 76.6 cm³/mol. The molecular formula is C15H24N2O. The van der Waals surface area contributed by atoms with E-state index in [9.17, 15) is 4.79 Å². The van der Waals surface area contributed by atoms with Crippen LogP contribution in [0.2, 0.25) is 0 Å². The SMILES string of the molecule is Cc1cc(N)cc(C(=O)N(C)C(C)CC(C)C)c1. The standard InChI is InChI=1S/C15H24N2O/c1-10(2)6-12(4)17(5)15(18)13-7-11(3)8-14(16)9-13/h7-10,12H,6,16H2,1-5H3. The van der Waals surface area contributed by atoms with Crippen LogP contribution in [0.25, 0.3) is 0 Å².